The van der Waals surface area contributed by atoms with Gasteiger partial charge in [-0.1, -0.05) is 33.5 Å². The summed E-state index contributed by atoms with van der Waals surface area (Å²) in [6.45, 7) is 0. The number of hydrogen-bond donors (Lipinski definition) is 0. The second-order valence-electron chi connectivity index (χ2n) is 4.25. The third kappa shape index (κ3) is 1.22. The molecule has 0 aliphatic rings. The van der Waals surface area contributed by atoms with E-state index >= 15 is 0 Å². The van der Waals surface area contributed by atoms with E-state index in [4.69, 9.17) is 4.98 Å². The van der Waals surface area contributed by atoms with Crippen LogP contribution in [0.1, 0.15) is 0 Å². The molecule has 0 aliphatic heterocycles. The smallest absolute Gasteiger partial charge is 0.149 e. The van der Waals surface area contributed by atoms with Crippen LogP contribution in [0.5, 0.6) is 0 Å². The number of nitrogens with zero attached hydrogens (tertiary/aromatic N) is 3. The summed E-state index contributed by atoms with van der Waals surface area (Å²) in [5.74, 6) is 0. The van der Waals surface area contributed by atoms with Crippen molar-refractivity contribution in [3.05, 3.63) is 48.5 Å². The SMILES string of the molecule is Pc1nc2ccccc2c2nc3ccccc3n12. The Morgan fingerprint density at radius 2 is 1.56 bits per heavy atom. The van der Waals surface area contributed by atoms with E-state index in [0.717, 1.165) is 33.1 Å². The van der Waals surface area contributed by atoms with Crippen LogP contribution in [0.3, 0.4) is 0 Å². The van der Waals surface area contributed by atoms with Crippen molar-refractivity contribution < 1.29 is 0 Å². The van der Waals surface area contributed by atoms with E-state index in [-0.39, 0.29) is 0 Å². The molecule has 0 spiro atoms. The van der Waals surface area contributed by atoms with Crippen molar-refractivity contribution >= 4 is 42.4 Å². The number of aromatic nitrogens is 3. The van der Waals surface area contributed by atoms with Crippen LogP contribution >= 0.6 is 9.24 Å². The van der Waals surface area contributed by atoms with Crippen molar-refractivity contribution in [1.29, 1.82) is 0 Å². The van der Waals surface area contributed by atoms with Gasteiger partial charge in [-0.05, 0) is 24.3 Å². The molecular weight excluding hydrogens is 241 g/mol. The zero-order valence-electron chi connectivity index (χ0n) is 9.54. The Hall–Kier alpha value is -1.99. The summed E-state index contributed by atoms with van der Waals surface area (Å²) in [6, 6.07) is 16.2. The average molecular weight is 251 g/mol. The van der Waals surface area contributed by atoms with Gasteiger partial charge in [0.05, 0.1) is 16.6 Å². The molecule has 0 bridgehead atoms. The molecule has 4 aromatic rings. The van der Waals surface area contributed by atoms with E-state index in [1.54, 1.807) is 0 Å². The van der Waals surface area contributed by atoms with Crippen molar-refractivity contribution in [2.45, 2.75) is 0 Å². The molecule has 1 unspecified atom stereocenters. The van der Waals surface area contributed by atoms with E-state index in [0.29, 0.717) is 0 Å². The lowest BCUT2D eigenvalue weighted by Crippen LogP contribution is -2.10. The molecule has 4 rings (SSSR count). The number of hydrogen-bond acceptors (Lipinski definition) is 2. The van der Waals surface area contributed by atoms with E-state index in [9.17, 15) is 0 Å². The van der Waals surface area contributed by atoms with Gasteiger partial charge in [-0.15, -0.1) is 0 Å². The summed E-state index contributed by atoms with van der Waals surface area (Å²) < 4.78 is 2.09. The third-order valence-corrected chi connectivity index (χ3v) is 3.56. The molecule has 0 aliphatic carbocycles. The van der Waals surface area contributed by atoms with Crippen LogP contribution in [0.15, 0.2) is 48.5 Å². The fraction of sp³-hybridized carbons (Fsp3) is 0. The Bertz CT molecular complexity index is 895. The van der Waals surface area contributed by atoms with Crippen LogP contribution < -0.4 is 5.57 Å². The highest BCUT2D eigenvalue weighted by Gasteiger charge is 2.10. The third-order valence-electron chi connectivity index (χ3n) is 3.17. The Balaban J connectivity index is 2.38. The molecule has 18 heavy (non-hydrogen) atoms. The fourth-order valence-corrected chi connectivity index (χ4v) is 2.77. The predicted molar refractivity (Wildman–Crippen MR) is 77.3 cm³/mol. The molecule has 1 atom stereocenters. The maximum absolute atomic E-state index is 4.71. The molecule has 0 amide bonds. The molecule has 4 heteroatoms. The van der Waals surface area contributed by atoms with Crippen LogP contribution in [0, 0.1) is 0 Å². The molecule has 86 valence electrons. The Morgan fingerprint density at radius 1 is 0.833 bits per heavy atom. The summed E-state index contributed by atoms with van der Waals surface area (Å²) in [5, 5.41) is 1.08. The minimum Gasteiger partial charge on any atom is -0.276 e. The Morgan fingerprint density at radius 3 is 2.44 bits per heavy atom. The fourth-order valence-electron chi connectivity index (χ4n) is 2.37. The van der Waals surface area contributed by atoms with Gasteiger partial charge < -0.3 is 0 Å². The number of benzene rings is 2. The van der Waals surface area contributed by atoms with Gasteiger partial charge in [0.2, 0.25) is 0 Å². The minimum absolute atomic E-state index is 0.886. The summed E-state index contributed by atoms with van der Waals surface area (Å²) >= 11 is 0. The molecule has 0 fully saturated rings. The summed E-state index contributed by atoms with van der Waals surface area (Å²) in [7, 11) is 2.69. The number of para-hydroxylation sites is 3. The van der Waals surface area contributed by atoms with Crippen LogP contribution in [-0.2, 0) is 0 Å². The van der Waals surface area contributed by atoms with Gasteiger partial charge in [0.25, 0.3) is 0 Å². The maximum atomic E-state index is 4.71. The number of rotatable bonds is 0. The van der Waals surface area contributed by atoms with Gasteiger partial charge in [-0.3, -0.25) is 4.40 Å². The van der Waals surface area contributed by atoms with Gasteiger partial charge in [0, 0.05) is 5.39 Å². The van der Waals surface area contributed by atoms with E-state index in [1.807, 2.05) is 36.4 Å². The molecule has 0 saturated heterocycles. The molecule has 0 radical (unpaired) electrons. The summed E-state index contributed by atoms with van der Waals surface area (Å²) in [4.78, 5) is 9.33. The lowest BCUT2D eigenvalue weighted by atomic mass is 10.2. The van der Waals surface area contributed by atoms with Crippen molar-refractivity contribution in [3.8, 4) is 0 Å². The van der Waals surface area contributed by atoms with Crippen LogP contribution in [-0.4, -0.2) is 14.4 Å². The highest BCUT2D eigenvalue weighted by Crippen LogP contribution is 2.22. The van der Waals surface area contributed by atoms with Gasteiger partial charge in [0.1, 0.15) is 11.2 Å². The van der Waals surface area contributed by atoms with Crippen LogP contribution in [0.25, 0.3) is 27.6 Å². The maximum Gasteiger partial charge on any atom is 0.149 e. The molecule has 0 N–H and O–H groups in total. The zero-order chi connectivity index (χ0) is 12.1. The Kier molecular flexibility index (Phi) is 1.94. The number of imidazole rings is 1. The zero-order valence-corrected chi connectivity index (χ0v) is 10.7. The van der Waals surface area contributed by atoms with Crippen LogP contribution in [0.4, 0.5) is 0 Å². The summed E-state index contributed by atoms with van der Waals surface area (Å²) in [5.41, 5.74) is 4.92. The van der Waals surface area contributed by atoms with E-state index < -0.39 is 0 Å². The molecule has 3 nitrogen and oxygen atoms in total. The topological polar surface area (TPSA) is 30.2 Å². The second-order valence-corrected chi connectivity index (χ2v) is 4.76. The lowest BCUT2D eigenvalue weighted by Gasteiger charge is -2.04. The molecule has 2 aromatic carbocycles. The Labute approximate surface area is 106 Å². The minimum atomic E-state index is 0.886. The van der Waals surface area contributed by atoms with Crippen molar-refractivity contribution in [2.24, 2.45) is 0 Å². The quantitative estimate of drug-likeness (QED) is 0.449. The standard InChI is InChI=1S/C14H10N3P/c18-14-16-10-6-2-1-5-9(10)13-15-11-7-3-4-8-12(11)17(13)14/h1-8H,18H2. The predicted octanol–water partition coefficient (Wildman–Crippen LogP) is 2.54. The van der Waals surface area contributed by atoms with Crippen molar-refractivity contribution in [1.82, 2.24) is 14.4 Å². The first-order valence-electron chi connectivity index (χ1n) is 5.76. The largest absolute Gasteiger partial charge is 0.276 e. The van der Waals surface area contributed by atoms with Gasteiger partial charge in [-0.2, -0.15) is 0 Å². The van der Waals surface area contributed by atoms with E-state index in [2.05, 4.69) is 30.8 Å². The monoisotopic (exact) mass is 251 g/mol. The first kappa shape index (κ1) is 9.98. The highest BCUT2D eigenvalue weighted by atomic mass is 31.0. The molecule has 0 saturated carbocycles. The second kappa shape index (κ2) is 3.50. The highest BCUT2D eigenvalue weighted by molar-refractivity contribution is 7.26. The van der Waals surface area contributed by atoms with Crippen LogP contribution in [0.2, 0.25) is 0 Å². The number of fused-ring (bicyclic) bond motifs is 5. The lowest BCUT2D eigenvalue weighted by molar-refractivity contribution is 1.22. The van der Waals surface area contributed by atoms with Crippen molar-refractivity contribution in [2.75, 3.05) is 0 Å². The molecule has 2 heterocycles. The molecular formula is C14H10N3P. The van der Waals surface area contributed by atoms with E-state index in [1.165, 1.54) is 0 Å². The average Bonchev–Trinajstić information content (AvgIpc) is 2.79. The first-order valence-corrected chi connectivity index (χ1v) is 6.34. The normalized spacial score (nSPS) is 11.6. The van der Waals surface area contributed by atoms with Gasteiger partial charge in [0.15, 0.2) is 0 Å². The van der Waals surface area contributed by atoms with Gasteiger partial charge in [-0.25, -0.2) is 9.97 Å². The van der Waals surface area contributed by atoms with Gasteiger partial charge >= 0.3 is 0 Å². The first-order chi connectivity index (χ1) is 8.84. The van der Waals surface area contributed by atoms with Crippen molar-refractivity contribution in [3.63, 3.8) is 0 Å². The molecule has 2 aromatic heterocycles. The summed E-state index contributed by atoms with van der Waals surface area (Å²) in [6.07, 6.45) is 0.